The molecule has 1 saturated heterocycles. The third-order valence-electron chi connectivity index (χ3n) is 3.65. The van der Waals surface area contributed by atoms with Gasteiger partial charge in [-0.25, -0.2) is 4.98 Å². The highest BCUT2D eigenvalue weighted by Crippen LogP contribution is 2.33. The van der Waals surface area contributed by atoms with Crippen molar-refractivity contribution < 1.29 is 9.53 Å². The van der Waals surface area contributed by atoms with Gasteiger partial charge in [0.15, 0.2) is 0 Å². The van der Waals surface area contributed by atoms with Crippen molar-refractivity contribution in [2.24, 2.45) is 0 Å². The Hall–Kier alpha value is -1.73. The average Bonchev–Trinajstić information content (AvgIpc) is 2.61. The monoisotopic (exact) mass is 400 g/mol. The molecule has 1 aliphatic rings. The van der Waals surface area contributed by atoms with E-state index in [2.05, 4.69) is 15.8 Å². The molecule has 1 aromatic heterocycles. The molecule has 132 valence electrons. The Morgan fingerprint density at radius 2 is 1.84 bits per heavy atom. The summed E-state index contributed by atoms with van der Waals surface area (Å²) in [6, 6.07) is 6.49. The Morgan fingerprint density at radius 3 is 2.52 bits per heavy atom. The lowest BCUT2D eigenvalue weighted by Gasteiger charge is -2.29. The Balaban J connectivity index is 1.76. The summed E-state index contributed by atoms with van der Waals surface area (Å²) in [4.78, 5) is 18.9. The van der Waals surface area contributed by atoms with Crippen LogP contribution in [-0.4, -0.2) is 37.2 Å². The number of ether oxygens (including phenoxy) is 1. The Kier molecular flexibility index (Phi) is 5.86. The van der Waals surface area contributed by atoms with Crippen LogP contribution in [0.3, 0.4) is 0 Å². The number of nitrogens with one attached hydrogen (secondary N) is 2. The van der Waals surface area contributed by atoms with Crippen LogP contribution in [0.1, 0.15) is 10.4 Å². The minimum absolute atomic E-state index is 0.303. The number of hydrazine groups is 1. The molecule has 2 heterocycles. The van der Waals surface area contributed by atoms with Gasteiger partial charge in [-0.15, -0.1) is 0 Å². The number of carbonyl (C=O) groups is 1. The molecule has 0 unspecified atom stereocenters. The van der Waals surface area contributed by atoms with Crippen LogP contribution in [0.15, 0.2) is 30.5 Å². The molecule has 3 rings (SSSR count). The molecule has 1 aromatic carbocycles. The fourth-order valence-electron chi connectivity index (χ4n) is 2.45. The van der Waals surface area contributed by atoms with Gasteiger partial charge < -0.3 is 9.64 Å². The molecule has 0 spiro atoms. The summed E-state index contributed by atoms with van der Waals surface area (Å²) < 4.78 is 5.34. The zero-order valence-corrected chi connectivity index (χ0v) is 15.3. The van der Waals surface area contributed by atoms with Gasteiger partial charge in [0.2, 0.25) is 0 Å². The summed E-state index contributed by atoms with van der Waals surface area (Å²) in [6.07, 6.45) is 1.65. The summed E-state index contributed by atoms with van der Waals surface area (Å²) in [5, 5.41) is 1.02. The normalized spacial score (nSPS) is 14.3. The fourth-order valence-corrected chi connectivity index (χ4v) is 3.36. The number of benzene rings is 1. The molecule has 1 aliphatic heterocycles. The second-order valence-electron chi connectivity index (χ2n) is 5.30. The van der Waals surface area contributed by atoms with Crippen molar-refractivity contribution in [3.05, 3.63) is 51.1 Å². The molecule has 1 amide bonds. The van der Waals surface area contributed by atoms with E-state index in [1.54, 1.807) is 18.3 Å². The third-order valence-corrected chi connectivity index (χ3v) is 4.46. The SMILES string of the molecule is O=C(NNc1c(Cl)cc(Cl)cc1Cl)c1cccnc1N1CCOCC1. The standard InChI is InChI=1S/C16H15Cl3N4O2/c17-10-8-12(18)14(13(19)9-10)21-22-16(24)11-2-1-3-20-15(11)23-4-6-25-7-5-23/h1-3,8-9,21H,4-7H2,(H,22,24). The largest absolute Gasteiger partial charge is 0.378 e. The van der Waals surface area contributed by atoms with Crippen LogP contribution in [0.5, 0.6) is 0 Å². The molecule has 1 fully saturated rings. The Morgan fingerprint density at radius 1 is 1.16 bits per heavy atom. The van der Waals surface area contributed by atoms with Crippen molar-refractivity contribution in [1.82, 2.24) is 10.4 Å². The van der Waals surface area contributed by atoms with Crippen LogP contribution < -0.4 is 15.8 Å². The first kappa shape index (κ1) is 18.1. The minimum atomic E-state index is -0.350. The van der Waals surface area contributed by atoms with E-state index in [9.17, 15) is 4.79 Å². The van der Waals surface area contributed by atoms with Crippen LogP contribution >= 0.6 is 34.8 Å². The lowest BCUT2D eigenvalue weighted by Crippen LogP contribution is -2.39. The van der Waals surface area contributed by atoms with E-state index in [1.807, 2.05) is 4.90 Å². The lowest BCUT2D eigenvalue weighted by molar-refractivity contribution is 0.0960. The quantitative estimate of drug-likeness (QED) is 0.766. The van der Waals surface area contributed by atoms with Crippen LogP contribution in [0.4, 0.5) is 11.5 Å². The summed E-state index contributed by atoms with van der Waals surface area (Å²) in [7, 11) is 0. The molecule has 6 nitrogen and oxygen atoms in total. The van der Waals surface area contributed by atoms with Gasteiger partial charge in [-0.1, -0.05) is 34.8 Å². The third kappa shape index (κ3) is 4.27. The van der Waals surface area contributed by atoms with E-state index in [-0.39, 0.29) is 5.91 Å². The van der Waals surface area contributed by atoms with Gasteiger partial charge in [0.05, 0.1) is 34.5 Å². The Bertz CT molecular complexity index is 759. The maximum Gasteiger partial charge on any atom is 0.273 e. The number of aromatic nitrogens is 1. The maximum absolute atomic E-state index is 12.6. The molecule has 0 radical (unpaired) electrons. The van der Waals surface area contributed by atoms with E-state index in [0.717, 1.165) is 0 Å². The number of morpholine rings is 1. The van der Waals surface area contributed by atoms with Crippen LogP contribution in [-0.2, 0) is 4.74 Å². The van der Waals surface area contributed by atoms with Crippen LogP contribution in [0, 0.1) is 0 Å². The van der Waals surface area contributed by atoms with Crippen molar-refractivity contribution >= 4 is 52.2 Å². The van der Waals surface area contributed by atoms with E-state index in [1.165, 1.54) is 12.1 Å². The Labute approximate surface area is 160 Å². The van der Waals surface area contributed by atoms with Crippen molar-refractivity contribution in [2.75, 3.05) is 36.6 Å². The number of carbonyl (C=O) groups excluding carboxylic acids is 1. The van der Waals surface area contributed by atoms with Gasteiger partial charge in [0.25, 0.3) is 5.91 Å². The summed E-state index contributed by atoms with van der Waals surface area (Å²) in [5.74, 6) is 0.259. The number of anilines is 2. The van der Waals surface area contributed by atoms with Gasteiger partial charge in [-0.3, -0.25) is 15.6 Å². The lowest BCUT2D eigenvalue weighted by atomic mass is 10.2. The van der Waals surface area contributed by atoms with Gasteiger partial charge >= 0.3 is 0 Å². The summed E-state index contributed by atoms with van der Waals surface area (Å²) >= 11 is 18.1. The zero-order chi connectivity index (χ0) is 17.8. The van der Waals surface area contributed by atoms with Gasteiger partial charge in [-0.2, -0.15) is 0 Å². The average molecular weight is 402 g/mol. The molecule has 0 bridgehead atoms. The first-order valence-electron chi connectivity index (χ1n) is 7.55. The van der Waals surface area contributed by atoms with Gasteiger partial charge in [0, 0.05) is 24.3 Å². The number of halogens is 3. The number of amides is 1. The second kappa shape index (κ2) is 8.10. The van der Waals surface area contributed by atoms with Crippen molar-refractivity contribution in [2.45, 2.75) is 0 Å². The molecule has 0 saturated carbocycles. The second-order valence-corrected chi connectivity index (χ2v) is 6.55. The van der Waals surface area contributed by atoms with E-state index in [4.69, 9.17) is 39.5 Å². The predicted octanol–water partition coefficient (Wildman–Crippen LogP) is 3.64. The number of rotatable bonds is 4. The van der Waals surface area contributed by atoms with Crippen molar-refractivity contribution in [1.29, 1.82) is 0 Å². The maximum atomic E-state index is 12.6. The number of hydrogen-bond acceptors (Lipinski definition) is 5. The van der Waals surface area contributed by atoms with Crippen molar-refractivity contribution in [3.8, 4) is 0 Å². The molecule has 25 heavy (non-hydrogen) atoms. The topological polar surface area (TPSA) is 66.5 Å². The first-order chi connectivity index (χ1) is 12.1. The smallest absolute Gasteiger partial charge is 0.273 e. The predicted molar refractivity (Wildman–Crippen MR) is 99.8 cm³/mol. The zero-order valence-electron chi connectivity index (χ0n) is 13.1. The first-order valence-corrected chi connectivity index (χ1v) is 8.68. The number of nitrogens with zero attached hydrogens (tertiary/aromatic N) is 2. The molecule has 0 atom stereocenters. The fraction of sp³-hybridized carbons (Fsp3) is 0.250. The number of hydrogen-bond donors (Lipinski definition) is 2. The summed E-state index contributed by atoms with van der Waals surface area (Å²) in [6.45, 7) is 2.57. The summed E-state index contributed by atoms with van der Waals surface area (Å²) in [5.41, 5.74) is 6.16. The molecule has 0 aliphatic carbocycles. The molecular weight excluding hydrogens is 387 g/mol. The van der Waals surface area contributed by atoms with Crippen molar-refractivity contribution in [3.63, 3.8) is 0 Å². The van der Waals surface area contributed by atoms with E-state index < -0.39 is 0 Å². The van der Waals surface area contributed by atoms with Crippen LogP contribution in [0.25, 0.3) is 0 Å². The highest BCUT2D eigenvalue weighted by atomic mass is 35.5. The number of pyridine rings is 1. The van der Waals surface area contributed by atoms with E-state index in [0.29, 0.717) is 58.4 Å². The molecular formula is C16H15Cl3N4O2. The van der Waals surface area contributed by atoms with Gasteiger partial charge in [0.1, 0.15) is 5.82 Å². The molecule has 2 aromatic rings. The molecule has 2 N–H and O–H groups in total. The highest BCUT2D eigenvalue weighted by molar-refractivity contribution is 6.41. The van der Waals surface area contributed by atoms with E-state index >= 15 is 0 Å². The minimum Gasteiger partial charge on any atom is -0.378 e. The molecule has 9 heteroatoms. The van der Waals surface area contributed by atoms with Crippen LogP contribution in [0.2, 0.25) is 15.1 Å². The highest BCUT2D eigenvalue weighted by Gasteiger charge is 2.20. The van der Waals surface area contributed by atoms with Gasteiger partial charge in [-0.05, 0) is 24.3 Å².